The van der Waals surface area contributed by atoms with Crippen molar-refractivity contribution in [3.63, 3.8) is 0 Å². The van der Waals surface area contributed by atoms with E-state index in [0.717, 1.165) is 54.8 Å². The summed E-state index contributed by atoms with van der Waals surface area (Å²) in [6.07, 6.45) is 18.0. The fourth-order valence-electron chi connectivity index (χ4n) is 6.14. The second kappa shape index (κ2) is 16.8. The summed E-state index contributed by atoms with van der Waals surface area (Å²) in [5.41, 5.74) is 0. The molecule has 0 radical (unpaired) electrons. The van der Waals surface area contributed by atoms with Gasteiger partial charge < -0.3 is 9.47 Å². The van der Waals surface area contributed by atoms with Gasteiger partial charge in [-0.1, -0.05) is 38.2 Å². The Kier molecular flexibility index (Phi) is 14.5. The Bertz CT molecular complexity index is 807. The molecule has 36 heavy (non-hydrogen) atoms. The average Bonchev–Trinajstić information content (AvgIpc) is 3.66. The van der Waals surface area contributed by atoms with Crippen molar-refractivity contribution in [3.05, 3.63) is 24.3 Å². The van der Waals surface area contributed by atoms with Crippen LogP contribution in [0.2, 0.25) is 0 Å². The number of carbonyl (C=O) groups excluding carboxylic acids is 6. The number of allylic oxidation sites excluding steroid dienone is 4. The molecule has 0 spiro atoms. The highest BCUT2D eigenvalue weighted by Gasteiger charge is 2.38. The summed E-state index contributed by atoms with van der Waals surface area (Å²) >= 11 is 0. The van der Waals surface area contributed by atoms with Crippen LogP contribution in [0.15, 0.2) is 24.3 Å². The fourth-order valence-corrected chi connectivity index (χ4v) is 6.14. The molecular formula is C28H40O8. The summed E-state index contributed by atoms with van der Waals surface area (Å²) in [6.45, 7) is 6.45. The maximum atomic E-state index is 11.7. The van der Waals surface area contributed by atoms with Gasteiger partial charge in [-0.15, -0.1) is 0 Å². The lowest BCUT2D eigenvalue weighted by Gasteiger charge is -2.22. The molecule has 0 aromatic rings. The second-order valence-electron chi connectivity index (χ2n) is 10.0. The third-order valence-corrected chi connectivity index (χ3v) is 7.79. The van der Waals surface area contributed by atoms with E-state index in [-0.39, 0.29) is 36.1 Å². The number of carbonyl (C=O) groups is 2. The maximum Gasteiger partial charge on any atom is 0.373 e. The molecule has 0 amide bonds. The molecule has 2 fully saturated rings. The Labute approximate surface area is 213 Å². The van der Waals surface area contributed by atoms with Crippen LogP contribution >= 0.6 is 0 Å². The zero-order chi connectivity index (χ0) is 27.1. The Hall–Kier alpha value is -2.82. The van der Waals surface area contributed by atoms with E-state index in [1.165, 1.54) is 32.8 Å². The first-order valence-electron chi connectivity index (χ1n) is 12.9. The van der Waals surface area contributed by atoms with E-state index in [1.54, 1.807) is 0 Å². The average molecular weight is 505 g/mol. The third kappa shape index (κ3) is 9.67. The third-order valence-electron chi connectivity index (χ3n) is 7.79. The van der Waals surface area contributed by atoms with E-state index in [1.807, 2.05) is 13.8 Å². The standard InChI is InChI=1S/C14H22O2.C12H18O2.2CO2/c1-3-11(14(15)16-4-2)9-13-8-10-5-6-12(13)7-10;1-8(12(13)14-2)5-11-7-9-3-4-10(11)6-9;2*2-1-3/h5-6,10-13H,3-4,7-9H2,1-2H3;3-4,8-11H,5-7H2,1-2H3;;. The van der Waals surface area contributed by atoms with Crippen LogP contribution < -0.4 is 0 Å². The molecule has 4 aliphatic rings. The zero-order valence-electron chi connectivity index (χ0n) is 21.9. The molecule has 8 unspecified atom stereocenters. The summed E-state index contributed by atoms with van der Waals surface area (Å²) in [7, 11) is 1.47. The summed E-state index contributed by atoms with van der Waals surface area (Å²) in [4.78, 5) is 55.5. The van der Waals surface area contributed by atoms with E-state index >= 15 is 0 Å². The molecule has 4 aliphatic carbocycles. The molecule has 200 valence electrons. The summed E-state index contributed by atoms with van der Waals surface area (Å²) in [5.74, 6) is 4.68. The van der Waals surface area contributed by atoms with Gasteiger partial charge in [0.1, 0.15) is 0 Å². The van der Waals surface area contributed by atoms with E-state index in [2.05, 4.69) is 31.2 Å². The molecule has 4 rings (SSSR count). The normalized spacial score (nSPS) is 29.1. The van der Waals surface area contributed by atoms with Crippen LogP contribution in [0, 0.1) is 47.3 Å². The highest BCUT2D eigenvalue weighted by Crippen LogP contribution is 2.47. The monoisotopic (exact) mass is 504 g/mol. The van der Waals surface area contributed by atoms with Gasteiger partial charge in [-0.25, -0.2) is 0 Å². The molecule has 0 aromatic heterocycles. The van der Waals surface area contributed by atoms with Gasteiger partial charge >= 0.3 is 24.2 Å². The molecule has 0 saturated heterocycles. The van der Waals surface area contributed by atoms with Crippen molar-refractivity contribution in [1.29, 1.82) is 0 Å². The lowest BCUT2D eigenvalue weighted by Crippen LogP contribution is -2.22. The van der Waals surface area contributed by atoms with Gasteiger partial charge in [0.2, 0.25) is 0 Å². The molecule has 8 nitrogen and oxygen atoms in total. The largest absolute Gasteiger partial charge is 0.469 e. The van der Waals surface area contributed by atoms with Gasteiger partial charge in [0.05, 0.1) is 25.6 Å². The van der Waals surface area contributed by atoms with Crippen molar-refractivity contribution in [2.24, 2.45) is 47.3 Å². The van der Waals surface area contributed by atoms with Gasteiger partial charge in [0.25, 0.3) is 0 Å². The van der Waals surface area contributed by atoms with E-state index in [4.69, 9.17) is 28.7 Å². The summed E-state index contributed by atoms with van der Waals surface area (Å²) in [6, 6.07) is 0. The van der Waals surface area contributed by atoms with Gasteiger partial charge in [-0.2, -0.15) is 19.2 Å². The number of methoxy groups -OCH3 is 1. The molecule has 2 saturated carbocycles. The van der Waals surface area contributed by atoms with Gasteiger partial charge in [-0.3, -0.25) is 9.59 Å². The SMILES string of the molecule is CCOC(=O)C(CC)CC1CC2C=CC1C2.COC(=O)C(C)CC1CC2C=CC1C2.O=C=O.O=C=O. The second-order valence-corrected chi connectivity index (χ2v) is 10.0. The van der Waals surface area contributed by atoms with Crippen molar-refractivity contribution in [3.8, 4) is 0 Å². The van der Waals surface area contributed by atoms with Crippen molar-refractivity contribution in [2.75, 3.05) is 13.7 Å². The van der Waals surface area contributed by atoms with Crippen LogP contribution in [0.5, 0.6) is 0 Å². The summed E-state index contributed by atoms with van der Waals surface area (Å²) < 4.78 is 9.87. The molecule has 8 atom stereocenters. The Morgan fingerprint density at radius 3 is 1.61 bits per heavy atom. The van der Waals surface area contributed by atoms with Crippen LogP contribution in [-0.2, 0) is 38.2 Å². The quantitative estimate of drug-likeness (QED) is 0.352. The Morgan fingerprint density at radius 2 is 1.28 bits per heavy atom. The molecule has 0 aliphatic heterocycles. The Balaban J connectivity index is 0.000000298. The van der Waals surface area contributed by atoms with Crippen molar-refractivity contribution >= 4 is 24.2 Å². The molecular weight excluding hydrogens is 464 g/mol. The number of rotatable bonds is 8. The first-order chi connectivity index (χ1) is 17.3. The van der Waals surface area contributed by atoms with E-state index in [0.29, 0.717) is 6.61 Å². The number of hydrogen-bond donors (Lipinski definition) is 0. The van der Waals surface area contributed by atoms with E-state index in [9.17, 15) is 9.59 Å². The maximum absolute atomic E-state index is 11.7. The van der Waals surface area contributed by atoms with Crippen molar-refractivity contribution < 1.29 is 38.2 Å². The first kappa shape index (κ1) is 31.2. The number of fused-ring (bicyclic) bond motifs is 4. The van der Waals surface area contributed by atoms with Crippen LogP contribution in [0.1, 0.15) is 65.7 Å². The molecule has 0 heterocycles. The predicted molar refractivity (Wildman–Crippen MR) is 129 cm³/mol. The fraction of sp³-hybridized carbons (Fsp3) is 0.714. The minimum Gasteiger partial charge on any atom is -0.469 e. The van der Waals surface area contributed by atoms with Crippen molar-refractivity contribution in [2.45, 2.75) is 65.7 Å². The van der Waals surface area contributed by atoms with Crippen LogP contribution in [0.25, 0.3) is 0 Å². The highest BCUT2D eigenvalue weighted by atomic mass is 16.5. The lowest BCUT2D eigenvalue weighted by atomic mass is 9.84. The van der Waals surface area contributed by atoms with Gasteiger partial charge in [0.15, 0.2) is 0 Å². The van der Waals surface area contributed by atoms with Gasteiger partial charge in [0, 0.05) is 0 Å². The summed E-state index contributed by atoms with van der Waals surface area (Å²) in [5, 5.41) is 0. The lowest BCUT2D eigenvalue weighted by molar-refractivity contribution is -0.193. The predicted octanol–water partition coefficient (Wildman–Crippen LogP) is 4.41. The molecule has 4 bridgehead atoms. The first-order valence-corrected chi connectivity index (χ1v) is 12.9. The zero-order valence-corrected chi connectivity index (χ0v) is 21.9. The molecule has 0 N–H and O–H groups in total. The Morgan fingerprint density at radius 1 is 0.806 bits per heavy atom. The minimum absolute atomic E-state index is 0.0109. The molecule has 8 heteroatoms. The smallest absolute Gasteiger partial charge is 0.373 e. The highest BCUT2D eigenvalue weighted by molar-refractivity contribution is 5.72. The number of ether oxygens (including phenoxy) is 2. The minimum atomic E-state index is -0.0586. The number of esters is 2. The van der Waals surface area contributed by atoms with E-state index < -0.39 is 0 Å². The van der Waals surface area contributed by atoms with Crippen LogP contribution in [0.4, 0.5) is 0 Å². The topological polar surface area (TPSA) is 121 Å². The van der Waals surface area contributed by atoms with Gasteiger partial charge in [-0.05, 0) is 87.4 Å². The molecule has 0 aromatic carbocycles. The number of hydrogen-bond acceptors (Lipinski definition) is 8. The van der Waals surface area contributed by atoms with Crippen molar-refractivity contribution in [1.82, 2.24) is 0 Å². The van der Waals surface area contributed by atoms with Crippen LogP contribution in [-0.4, -0.2) is 38.0 Å². The van der Waals surface area contributed by atoms with Crippen LogP contribution in [0.3, 0.4) is 0 Å².